The molecule has 2 N–H and O–H groups in total. The van der Waals surface area contributed by atoms with Gasteiger partial charge in [-0.3, -0.25) is 5.10 Å². The zero-order valence-corrected chi connectivity index (χ0v) is 10.7. The van der Waals surface area contributed by atoms with Crippen LogP contribution in [0.5, 0.6) is 0 Å². The number of nitrogens with one attached hydrogen (secondary N) is 2. The second-order valence-corrected chi connectivity index (χ2v) is 6.97. The summed E-state index contributed by atoms with van der Waals surface area (Å²) in [5, 5.41) is 11.3. The van der Waals surface area contributed by atoms with Gasteiger partial charge in [-0.15, -0.1) is 0 Å². The van der Waals surface area contributed by atoms with E-state index in [1.54, 1.807) is 6.20 Å². The molecule has 1 aliphatic rings. The number of anilines is 1. The second-order valence-electron chi connectivity index (χ2n) is 4.74. The van der Waals surface area contributed by atoms with Crippen molar-refractivity contribution < 1.29 is 8.42 Å². The van der Waals surface area contributed by atoms with Crippen molar-refractivity contribution in [1.29, 1.82) is 0 Å². The molecule has 0 bridgehead atoms. The van der Waals surface area contributed by atoms with Crippen molar-refractivity contribution in [2.45, 2.75) is 18.9 Å². The molecule has 5 nitrogen and oxygen atoms in total. The molecular formula is C12H15N3O2S. The molecule has 18 heavy (non-hydrogen) atoms. The first kappa shape index (κ1) is 11.5. The van der Waals surface area contributed by atoms with Crippen molar-refractivity contribution in [3.05, 3.63) is 24.4 Å². The van der Waals surface area contributed by atoms with Gasteiger partial charge in [-0.25, -0.2) is 8.42 Å². The first-order chi connectivity index (χ1) is 8.64. The van der Waals surface area contributed by atoms with Crippen LogP contribution in [0.1, 0.15) is 12.8 Å². The highest BCUT2D eigenvalue weighted by Gasteiger charge is 2.24. The van der Waals surface area contributed by atoms with E-state index in [2.05, 4.69) is 15.5 Å². The molecule has 0 amide bonds. The molecule has 1 aromatic heterocycles. The van der Waals surface area contributed by atoms with Crippen molar-refractivity contribution in [3.63, 3.8) is 0 Å². The van der Waals surface area contributed by atoms with E-state index >= 15 is 0 Å². The molecule has 1 atom stereocenters. The number of para-hydroxylation sites is 1. The predicted molar refractivity (Wildman–Crippen MR) is 71.4 cm³/mol. The minimum Gasteiger partial charge on any atom is -0.380 e. The first-order valence-corrected chi connectivity index (χ1v) is 7.85. The number of benzene rings is 1. The van der Waals surface area contributed by atoms with E-state index in [-0.39, 0.29) is 11.8 Å². The molecule has 1 unspecified atom stereocenters. The zero-order valence-electron chi connectivity index (χ0n) is 9.89. The lowest BCUT2D eigenvalue weighted by atomic mass is 10.1. The summed E-state index contributed by atoms with van der Waals surface area (Å²) in [7, 11) is -2.88. The number of sulfone groups is 1. The number of aromatic nitrogens is 2. The average molecular weight is 265 g/mol. The molecule has 3 rings (SSSR count). The van der Waals surface area contributed by atoms with Crippen molar-refractivity contribution in [1.82, 2.24) is 10.2 Å². The Balaban J connectivity index is 1.86. The minimum atomic E-state index is -2.88. The van der Waals surface area contributed by atoms with Crippen molar-refractivity contribution >= 4 is 26.4 Å². The van der Waals surface area contributed by atoms with E-state index in [9.17, 15) is 8.42 Å². The molecule has 1 saturated heterocycles. The summed E-state index contributed by atoms with van der Waals surface area (Å²) in [6.07, 6.45) is 3.39. The van der Waals surface area contributed by atoms with Crippen molar-refractivity contribution in [2.24, 2.45) is 0 Å². The molecule has 0 spiro atoms. The normalized spacial score (nSPS) is 23.0. The maximum Gasteiger partial charge on any atom is 0.152 e. The molecule has 1 fully saturated rings. The number of hydrogen-bond donors (Lipinski definition) is 2. The molecule has 6 heteroatoms. The number of aromatic amines is 1. The van der Waals surface area contributed by atoms with Crippen LogP contribution in [-0.4, -0.2) is 36.2 Å². The van der Waals surface area contributed by atoms with Crippen LogP contribution < -0.4 is 5.32 Å². The van der Waals surface area contributed by atoms with Crippen molar-refractivity contribution in [2.75, 3.05) is 16.8 Å². The van der Waals surface area contributed by atoms with E-state index in [1.165, 1.54) is 0 Å². The third-order valence-corrected chi connectivity index (χ3v) is 5.12. The van der Waals surface area contributed by atoms with Crippen LogP contribution in [0.25, 0.3) is 10.9 Å². The monoisotopic (exact) mass is 265 g/mol. The van der Waals surface area contributed by atoms with Gasteiger partial charge in [-0.2, -0.15) is 5.10 Å². The maximum atomic E-state index is 11.6. The van der Waals surface area contributed by atoms with Gasteiger partial charge in [0.1, 0.15) is 0 Å². The Morgan fingerprint density at radius 2 is 2.28 bits per heavy atom. The number of fused-ring (bicyclic) bond motifs is 1. The first-order valence-electron chi connectivity index (χ1n) is 6.03. The number of rotatable bonds is 2. The predicted octanol–water partition coefficient (Wildman–Crippen LogP) is 1.55. The largest absolute Gasteiger partial charge is 0.380 e. The molecule has 0 aliphatic carbocycles. The molecule has 1 aromatic carbocycles. The smallest absolute Gasteiger partial charge is 0.152 e. The van der Waals surface area contributed by atoms with Crippen LogP contribution >= 0.6 is 0 Å². The lowest BCUT2D eigenvalue weighted by molar-refractivity contribution is 0.562. The number of hydrogen-bond acceptors (Lipinski definition) is 4. The van der Waals surface area contributed by atoms with Crippen LogP contribution in [0.3, 0.4) is 0 Å². The highest BCUT2D eigenvalue weighted by Crippen LogP contribution is 2.23. The molecule has 96 valence electrons. The Morgan fingerprint density at radius 3 is 3.11 bits per heavy atom. The summed E-state index contributed by atoms with van der Waals surface area (Å²) < 4.78 is 23.2. The summed E-state index contributed by atoms with van der Waals surface area (Å²) in [6, 6.07) is 5.86. The SMILES string of the molecule is O=S1(=O)CCCC(Nc2cccc3cn[nH]c23)C1. The highest BCUT2D eigenvalue weighted by molar-refractivity contribution is 7.91. The van der Waals surface area contributed by atoms with Gasteiger partial charge in [-0.1, -0.05) is 12.1 Å². The van der Waals surface area contributed by atoms with Gasteiger partial charge >= 0.3 is 0 Å². The molecular weight excluding hydrogens is 250 g/mol. The second kappa shape index (κ2) is 4.28. The summed E-state index contributed by atoms with van der Waals surface area (Å²) in [5.41, 5.74) is 1.85. The Morgan fingerprint density at radius 1 is 1.39 bits per heavy atom. The van der Waals surface area contributed by atoms with E-state index < -0.39 is 9.84 Å². The molecule has 0 saturated carbocycles. The number of H-pyrrole nitrogens is 1. The van der Waals surface area contributed by atoms with Gasteiger partial charge in [0.05, 0.1) is 28.9 Å². The van der Waals surface area contributed by atoms with Crippen LogP contribution in [-0.2, 0) is 9.84 Å². The van der Waals surface area contributed by atoms with Crippen LogP contribution in [0.15, 0.2) is 24.4 Å². The Kier molecular flexibility index (Phi) is 2.74. The van der Waals surface area contributed by atoms with Crippen LogP contribution in [0, 0.1) is 0 Å². The van der Waals surface area contributed by atoms with Gasteiger partial charge < -0.3 is 5.32 Å². The summed E-state index contributed by atoms with van der Waals surface area (Å²) in [4.78, 5) is 0. The lowest BCUT2D eigenvalue weighted by Gasteiger charge is -2.24. The molecule has 2 heterocycles. The third kappa shape index (κ3) is 2.20. The van der Waals surface area contributed by atoms with E-state index in [1.807, 2.05) is 18.2 Å². The Labute approximate surface area is 106 Å². The number of nitrogens with zero attached hydrogens (tertiary/aromatic N) is 1. The van der Waals surface area contributed by atoms with E-state index in [0.29, 0.717) is 5.75 Å². The summed E-state index contributed by atoms with van der Waals surface area (Å²) >= 11 is 0. The quantitative estimate of drug-likeness (QED) is 0.864. The molecule has 2 aromatic rings. The topological polar surface area (TPSA) is 74.8 Å². The highest BCUT2D eigenvalue weighted by atomic mass is 32.2. The van der Waals surface area contributed by atoms with Crippen molar-refractivity contribution in [3.8, 4) is 0 Å². The summed E-state index contributed by atoms with van der Waals surface area (Å²) in [6.45, 7) is 0. The van der Waals surface area contributed by atoms with Crippen LogP contribution in [0.2, 0.25) is 0 Å². The Bertz CT molecular complexity index is 663. The average Bonchev–Trinajstić information content (AvgIpc) is 2.77. The van der Waals surface area contributed by atoms with Gasteiger partial charge in [0, 0.05) is 11.4 Å². The fourth-order valence-corrected chi connectivity index (χ4v) is 4.08. The third-order valence-electron chi connectivity index (χ3n) is 3.30. The fourth-order valence-electron chi connectivity index (χ4n) is 2.45. The van der Waals surface area contributed by atoms with Gasteiger partial charge in [-0.05, 0) is 18.9 Å². The zero-order chi connectivity index (χ0) is 12.6. The van der Waals surface area contributed by atoms with E-state index in [4.69, 9.17) is 0 Å². The maximum absolute atomic E-state index is 11.6. The van der Waals surface area contributed by atoms with Gasteiger partial charge in [0.25, 0.3) is 0 Å². The van der Waals surface area contributed by atoms with E-state index in [0.717, 1.165) is 29.4 Å². The van der Waals surface area contributed by atoms with Gasteiger partial charge in [0.15, 0.2) is 9.84 Å². The summed E-state index contributed by atoms with van der Waals surface area (Å²) in [5.74, 6) is 0.539. The molecule has 0 radical (unpaired) electrons. The molecule has 1 aliphatic heterocycles. The lowest BCUT2D eigenvalue weighted by Crippen LogP contribution is -2.34. The van der Waals surface area contributed by atoms with Crippen LogP contribution in [0.4, 0.5) is 5.69 Å². The fraction of sp³-hybridized carbons (Fsp3) is 0.417. The minimum absolute atomic E-state index is 0.00218. The van der Waals surface area contributed by atoms with Gasteiger partial charge in [0.2, 0.25) is 0 Å². The Hall–Kier alpha value is -1.56. The standard InChI is InChI=1S/C12H15N3O2S/c16-18(17)6-2-4-10(8-18)14-11-5-1-3-9-7-13-15-12(9)11/h1,3,5,7,10,14H,2,4,6,8H2,(H,13,15).